The number of esters is 1. The number of likely N-dealkylation sites (N-methyl/N-ethyl adjacent to an activating group) is 1. The number of aliphatic hydroxyl groups is 3. The van der Waals surface area contributed by atoms with Gasteiger partial charge in [-0.25, -0.2) is 0 Å². The maximum Gasteiger partial charge on any atom is 0.318 e. The summed E-state index contributed by atoms with van der Waals surface area (Å²) in [5.41, 5.74) is 10.1. The molecule has 11 nitrogen and oxygen atoms in total. The fourth-order valence-electron chi connectivity index (χ4n) is 12.2. The normalized spacial score (nSPS) is 37.0. The lowest BCUT2D eigenvalue weighted by Crippen LogP contribution is -2.79. The van der Waals surface area contributed by atoms with Crippen molar-refractivity contribution >= 4 is 22.8 Å². The van der Waals surface area contributed by atoms with Crippen molar-refractivity contribution in [2.24, 2.45) is 28.2 Å². The number of amides is 1. The van der Waals surface area contributed by atoms with E-state index in [1.807, 2.05) is 49.1 Å². The van der Waals surface area contributed by atoms with Crippen LogP contribution >= 0.6 is 0 Å². The number of nitrogens with zero attached hydrogens (tertiary/aromatic N) is 2. The van der Waals surface area contributed by atoms with Gasteiger partial charge in [0.25, 0.3) is 5.91 Å². The number of allylic oxidation sites excluding steroid dienone is 3. The third kappa shape index (κ3) is 5.50. The van der Waals surface area contributed by atoms with Crippen LogP contribution in [0.5, 0.6) is 0 Å². The van der Waals surface area contributed by atoms with E-state index in [-0.39, 0.29) is 30.9 Å². The lowest BCUT2D eigenvalue weighted by Gasteiger charge is -2.63. The van der Waals surface area contributed by atoms with Gasteiger partial charge in [0, 0.05) is 65.4 Å². The Kier molecular flexibility index (Phi) is 10.2. The van der Waals surface area contributed by atoms with Crippen molar-refractivity contribution in [2.45, 2.75) is 113 Å². The van der Waals surface area contributed by atoms with Crippen LogP contribution in [0.15, 0.2) is 59.8 Å². The van der Waals surface area contributed by atoms with Crippen molar-refractivity contribution < 1.29 is 29.6 Å². The van der Waals surface area contributed by atoms with E-state index >= 15 is 0 Å². The zero-order chi connectivity index (χ0) is 39.6. The number of ether oxygens (including phenoxy) is 1. The van der Waals surface area contributed by atoms with E-state index in [1.54, 1.807) is 13.1 Å². The molecule has 3 unspecified atom stereocenters. The van der Waals surface area contributed by atoms with Gasteiger partial charge in [0.15, 0.2) is 5.60 Å². The summed E-state index contributed by atoms with van der Waals surface area (Å²) in [6, 6.07) is 6.89. The summed E-state index contributed by atoms with van der Waals surface area (Å²) < 4.78 is 5.80. The zero-order valence-corrected chi connectivity index (χ0v) is 32.8. The van der Waals surface area contributed by atoms with Crippen molar-refractivity contribution in [1.82, 2.24) is 14.8 Å². The number of fused-ring (bicyclic) bond motifs is 3. The van der Waals surface area contributed by atoms with Crippen LogP contribution in [0.25, 0.3) is 10.9 Å². The molecular weight excluding hydrogens is 695 g/mol. The average molecular weight is 754 g/mol. The number of methoxy groups -OCH3 is 1. The molecule has 5 aliphatic rings. The minimum absolute atomic E-state index is 0.0655. The number of benzene rings is 1. The second kappa shape index (κ2) is 14.2. The highest BCUT2D eigenvalue weighted by atomic mass is 16.5. The molecule has 55 heavy (non-hydrogen) atoms. The molecular formula is C44H59N5O6. The maximum absolute atomic E-state index is 14.9. The van der Waals surface area contributed by atoms with Gasteiger partial charge < -0.3 is 41.4 Å². The number of rotatable bonds is 9. The Hall–Kier alpha value is -3.92. The first-order valence-corrected chi connectivity index (χ1v) is 20.1. The molecule has 3 fully saturated rings. The van der Waals surface area contributed by atoms with Crippen LogP contribution in [-0.2, 0) is 26.2 Å². The van der Waals surface area contributed by atoms with E-state index in [9.17, 15) is 24.9 Å². The number of carbonyl (C=O) groups is 2. The molecule has 296 valence electrons. The second-order valence-corrected chi connectivity index (χ2v) is 17.1. The Morgan fingerprint density at radius 1 is 1.22 bits per heavy atom. The number of H-pyrrole nitrogens is 1. The number of likely N-dealkylation sites (tertiary alicyclic amines) is 1. The highest BCUT2D eigenvalue weighted by Gasteiger charge is 2.79. The first kappa shape index (κ1) is 39.3. The number of hydrogen-bond acceptors (Lipinski definition) is 9. The monoisotopic (exact) mass is 753 g/mol. The summed E-state index contributed by atoms with van der Waals surface area (Å²) in [5.74, 6) is 1.28. The smallest absolute Gasteiger partial charge is 0.318 e. The fourth-order valence-corrected chi connectivity index (χ4v) is 12.2. The van der Waals surface area contributed by atoms with E-state index in [1.165, 1.54) is 7.11 Å². The molecule has 11 heteroatoms. The highest BCUT2D eigenvalue weighted by Crippen LogP contribution is 2.68. The molecule has 0 radical (unpaired) electrons. The number of aryl methyl sites for hydroxylation is 1. The number of carbonyl (C=O) groups excluding carboxylic acids is 2. The quantitative estimate of drug-likeness (QED) is 0.127. The standard InChI is InChI=1S/C44H59N5O6/c1-6-14-33-31(43-22-24-49-23-13-20-41(8-3,35(43)49)37(50)44(54,38(46)51)36(43)48(33)4)19-21-42(39(52)55-5)26-28(25-40(53,7-2)27-45)15-9-10-17-30-29-16-11-12-18-32(29)47-34(30)42/h1,11-14,16,18-20,28,35-37,47,50,53-54H,7-10,15,17,21-27,45H2,2-5H3,(H2,46,51)/b31-19+,33-14+/t28-,35?,36?,37-,40?,41-,42-,43-,44+/m1/s1. The SMILES string of the molecule is C#C/C=C1\C(=C/C[C@@]2(C(=O)OC)C[C@@H](CC(O)(CC)CN)CCCCc3c2[nH]c2ccccc32)[C@]23CCN4CC=C[C@](CC)(C42)[C@@H](O)[C@](O)(C(N)=O)C3N1C. The number of aliphatic hydroxyl groups excluding tert-OH is 1. The van der Waals surface area contributed by atoms with E-state index < -0.39 is 45.5 Å². The first-order chi connectivity index (χ1) is 26.3. The van der Waals surface area contributed by atoms with Crippen molar-refractivity contribution in [3.63, 3.8) is 0 Å². The van der Waals surface area contributed by atoms with Gasteiger partial charge in [-0.3, -0.25) is 14.5 Å². The number of aromatic amines is 1. The van der Waals surface area contributed by atoms with Gasteiger partial charge in [-0.1, -0.05) is 69.0 Å². The van der Waals surface area contributed by atoms with Crippen LogP contribution in [0, 0.1) is 29.1 Å². The van der Waals surface area contributed by atoms with Gasteiger partial charge >= 0.3 is 5.97 Å². The number of primary amides is 1. The molecule has 3 aliphatic heterocycles. The van der Waals surface area contributed by atoms with Gasteiger partial charge in [0.2, 0.25) is 0 Å². The summed E-state index contributed by atoms with van der Waals surface area (Å²) >= 11 is 0. The van der Waals surface area contributed by atoms with E-state index in [4.69, 9.17) is 22.6 Å². The van der Waals surface area contributed by atoms with Crippen LogP contribution in [0.3, 0.4) is 0 Å². The highest BCUT2D eigenvalue weighted by molar-refractivity contribution is 5.91. The van der Waals surface area contributed by atoms with Gasteiger partial charge in [0.05, 0.1) is 18.8 Å². The largest absolute Gasteiger partial charge is 0.468 e. The van der Waals surface area contributed by atoms with Gasteiger partial charge in [-0.15, -0.1) is 6.42 Å². The van der Waals surface area contributed by atoms with E-state index in [0.29, 0.717) is 50.9 Å². The summed E-state index contributed by atoms with van der Waals surface area (Å²) in [6.45, 7) is 5.35. The Balaban J connectivity index is 1.50. The van der Waals surface area contributed by atoms with Gasteiger partial charge in [0.1, 0.15) is 11.5 Å². The molecule has 7 rings (SSSR count). The molecule has 0 bridgehead atoms. The average Bonchev–Trinajstić information content (AvgIpc) is 3.84. The predicted octanol–water partition coefficient (Wildman–Crippen LogP) is 3.57. The minimum Gasteiger partial charge on any atom is -0.468 e. The third-order valence-corrected chi connectivity index (χ3v) is 14.7. The summed E-state index contributed by atoms with van der Waals surface area (Å²) in [5, 5.41) is 37.6. The Morgan fingerprint density at radius 3 is 2.65 bits per heavy atom. The molecule has 1 spiro atoms. The number of nitrogens with one attached hydrogen (secondary N) is 1. The van der Waals surface area contributed by atoms with Crippen molar-refractivity contribution in [3.8, 4) is 12.3 Å². The fraction of sp³-hybridized carbons (Fsp3) is 0.591. The maximum atomic E-state index is 14.9. The van der Waals surface area contributed by atoms with Crippen LogP contribution in [0.2, 0.25) is 0 Å². The molecule has 1 aromatic heterocycles. The molecule has 1 amide bonds. The molecule has 4 heterocycles. The molecule has 8 N–H and O–H groups in total. The van der Waals surface area contributed by atoms with Crippen LogP contribution in [0.1, 0.15) is 82.9 Å². The molecule has 1 aromatic carbocycles. The topological polar surface area (TPSA) is 178 Å². The summed E-state index contributed by atoms with van der Waals surface area (Å²) in [4.78, 5) is 36.4. The van der Waals surface area contributed by atoms with E-state index in [0.717, 1.165) is 53.4 Å². The summed E-state index contributed by atoms with van der Waals surface area (Å²) in [6.07, 6.45) is 18.3. The number of nitrogens with two attached hydrogens (primary N) is 2. The third-order valence-electron chi connectivity index (χ3n) is 14.7. The molecule has 9 atom stereocenters. The first-order valence-electron chi connectivity index (χ1n) is 20.1. The molecule has 2 aromatic rings. The molecule has 2 saturated heterocycles. The van der Waals surface area contributed by atoms with Crippen LogP contribution < -0.4 is 11.5 Å². The van der Waals surface area contributed by atoms with Crippen molar-refractivity contribution in [1.29, 1.82) is 0 Å². The molecule has 2 aliphatic carbocycles. The Morgan fingerprint density at radius 2 is 1.98 bits per heavy atom. The van der Waals surface area contributed by atoms with Crippen molar-refractivity contribution in [2.75, 3.05) is 33.8 Å². The van der Waals surface area contributed by atoms with Crippen LogP contribution in [0.4, 0.5) is 0 Å². The van der Waals surface area contributed by atoms with Gasteiger partial charge in [-0.05, 0) is 81.0 Å². The van der Waals surface area contributed by atoms with E-state index in [2.05, 4.69) is 27.9 Å². The lowest BCUT2D eigenvalue weighted by molar-refractivity contribution is -0.220. The zero-order valence-electron chi connectivity index (χ0n) is 32.8. The second-order valence-electron chi connectivity index (χ2n) is 17.1. The number of terminal acetylenes is 1. The number of para-hydroxylation sites is 1. The Bertz CT molecular complexity index is 1970. The van der Waals surface area contributed by atoms with Crippen LogP contribution in [-0.4, -0.2) is 105 Å². The number of aromatic nitrogens is 1. The minimum atomic E-state index is -2.33. The summed E-state index contributed by atoms with van der Waals surface area (Å²) in [7, 11) is 3.23. The molecule has 1 saturated carbocycles. The van der Waals surface area contributed by atoms with Gasteiger partial charge in [-0.2, -0.15) is 0 Å². The van der Waals surface area contributed by atoms with Crippen molar-refractivity contribution in [3.05, 3.63) is 71.1 Å². The predicted molar refractivity (Wildman–Crippen MR) is 212 cm³/mol. The lowest BCUT2D eigenvalue weighted by atomic mass is 9.47. The Labute approximate surface area is 324 Å². The number of hydrogen-bond donors (Lipinski definition) is 6.